The fraction of sp³-hybridized carbons (Fsp3) is 0.211. The van der Waals surface area contributed by atoms with Gasteiger partial charge >= 0.3 is 0 Å². The Balaban J connectivity index is 1.85. The van der Waals surface area contributed by atoms with Crippen LogP contribution in [-0.2, 0) is 4.84 Å². The maximum Gasteiger partial charge on any atom is 0.128 e. The van der Waals surface area contributed by atoms with Crippen molar-refractivity contribution in [1.82, 2.24) is 0 Å². The second-order valence-corrected chi connectivity index (χ2v) is 4.82. The highest BCUT2D eigenvalue weighted by Crippen LogP contribution is 2.36. The van der Waals surface area contributed by atoms with E-state index in [0.717, 1.165) is 23.3 Å². The summed E-state index contributed by atoms with van der Waals surface area (Å²) in [7, 11) is 0. The van der Waals surface area contributed by atoms with E-state index in [0.29, 0.717) is 13.0 Å². The second kappa shape index (κ2) is 6.28. The molecular weight excluding hydrogens is 258 g/mol. The van der Waals surface area contributed by atoms with E-state index in [1.807, 2.05) is 19.1 Å². The molecule has 21 heavy (non-hydrogen) atoms. The SMILES string of the molecule is CCC#CCCON=C1c2ccccc2-c2ccccc21. The minimum Gasteiger partial charge on any atom is -0.394 e. The highest BCUT2D eigenvalue weighted by Gasteiger charge is 2.24. The predicted molar refractivity (Wildman–Crippen MR) is 86.2 cm³/mol. The molecule has 1 aliphatic rings. The monoisotopic (exact) mass is 275 g/mol. The fourth-order valence-corrected chi connectivity index (χ4v) is 2.51. The molecule has 0 unspecified atom stereocenters. The van der Waals surface area contributed by atoms with Crippen LogP contribution < -0.4 is 0 Å². The summed E-state index contributed by atoms with van der Waals surface area (Å²) >= 11 is 0. The molecule has 0 amide bonds. The molecule has 0 saturated heterocycles. The Hall–Kier alpha value is -2.53. The van der Waals surface area contributed by atoms with Crippen molar-refractivity contribution in [2.45, 2.75) is 19.8 Å². The lowest BCUT2D eigenvalue weighted by atomic mass is 10.1. The molecule has 0 heterocycles. The lowest BCUT2D eigenvalue weighted by Gasteiger charge is -2.01. The Labute approximate surface area is 125 Å². The van der Waals surface area contributed by atoms with Gasteiger partial charge in [0.05, 0.1) is 0 Å². The lowest BCUT2D eigenvalue weighted by molar-refractivity contribution is 0.151. The smallest absolute Gasteiger partial charge is 0.128 e. The largest absolute Gasteiger partial charge is 0.394 e. The molecule has 0 bridgehead atoms. The van der Waals surface area contributed by atoms with Crippen molar-refractivity contribution in [2.24, 2.45) is 5.16 Å². The van der Waals surface area contributed by atoms with E-state index < -0.39 is 0 Å². The van der Waals surface area contributed by atoms with Gasteiger partial charge in [0, 0.05) is 24.0 Å². The van der Waals surface area contributed by atoms with Crippen LogP contribution >= 0.6 is 0 Å². The first-order valence-corrected chi connectivity index (χ1v) is 7.26. The van der Waals surface area contributed by atoms with Crippen LogP contribution in [0.2, 0.25) is 0 Å². The summed E-state index contributed by atoms with van der Waals surface area (Å²) in [5.74, 6) is 6.08. The summed E-state index contributed by atoms with van der Waals surface area (Å²) in [6.45, 7) is 2.57. The average molecular weight is 275 g/mol. The van der Waals surface area contributed by atoms with Gasteiger partial charge < -0.3 is 4.84 Å². The number of oxime groups is 1. The zero-order valence-corrected chi connectivity index (χ0v) is 12.1. The normalized spacial score (nSPS) is 11.2. The maximum atomic E-state index is 5.46. The van der Waals surface area contributed by atoms with Gasteiger partial charge in [-0.2, -0.15) is 0 Å². The van der Waals surface area contributed by atoms with Gasteiger partial charge in [0.2, 0.25) is 0 Å². The van der Waals surface area contributed by atoms with Crippen LogP contribution in [0.25, 0.3) is 11.1 Å². The highest BCUT2D eigenvalue weighted by molar-refractivity contribution is 6.24. The summed E-state index contributed by atoms with van der Waals surface area (Å²) in [5, 5.41) is 4.35. The van der Waals surface area contributed by atoms with Gasteiger partial charge in [-0.25, -0.2) is 0 Å². The molecule has 0 radical (unpaired) electrons. The molecule has 0 aliphatic heterocycles. The first kappa shape index (κ1) is 13.5. The lowest BCUT2D eigenvalue weighted by Crippen LogP contribution is -2.00. The Morgan fingerprint density at radius 3 is 2.00 bits per heavy atom. The minimum atomic E-state index is 0.529. The van der Waals surface area contributed by atoms with E-state index in [2.05, 4.69) is 53.4 Å². The third-order valence-corrected chi connectivity index (χ3v) is 3.43. The molecule has 0 atom stereocenters. The van der Waals surface area contributed by atoms with Gasteiger partial charge in [-0.05, 0) is 11.1 Å². The molecule has 2 heteroatoms. The van der Waals surface area contributed by atoms with Crippen molar-refractivity contribution in [3.8, 4) is 23.0 Å². The van der Waals surface area contributed by atoms with Crippen LogP contribution in [0.1, 0.15) is 30.9 Å². The summed E-state index contributed by atoms with van der Waals surface area (Å²) in [6, 6.07) is 16.6. The number of benzene rings is 2. The first-order valence-electron chi connectivity index (χ1n) is 7.26. The van der Waals surface area contributed by atoms with Gasteiger partial charge in [0.1, 0.15) is 12.3 Å². The highest BCUT2D eigenvalue weighted by atomic mass is 16.6. The van der Waals surface area contributed by atoms with Gasteiger partial charge in [-0.15, -0.1) is 5.92 Å². The fourth-order valence-electron chi connectivity index (χ4n) is 2.51. The predicted octanol–water partition coefficient (Wildman–Crippen LogP) is 4.24. The Morgan fingerprint density at radius 1 is 0.857 bits per heavy atom. The zero-order valence-electron chi connectivity index (χ0n) is 12.1. The number of rotatable bonds is 3. The molecule has 1 aliphatic carbocycles. The molecule has 3 rings (SSSR count). The summed E-state index contributed by atoms with van der Waals surface area (Å²) in [5.41, 5.74) is 5.64. The molecule has 0 spiro atoms. The molecule has 0 saturated carbocycles. The first-order chi connectivity index (χ1) is 10.4. The number of nitrogens with zero attached hydrogens (tertiary/aromatic N) is 1. The van der Waals surface area contributed by atoms with Crippen molar-refractivity contribution in [2.75, 3.05) is 6.61 Å². The average Bonchev–Trinajstić information content (AvgIpc) is 2.85. The van der Waals surface area contributed by atoms with E-state index in [4.69, 9.17) is 4.84 Å². The van der Waals surface area contributed by atoms with E-state index >= 15 is 0 Å². The molecule has 2 aromatic rings. The molecule has 0 N–H and O–H groups in total. The van der Waals surface area contributed by atoms with Crippen LogP contribution in [0, 0.1) is 11.8 Å². The van der Waals surface area contributed by atoms with Crippen molar-refractivity contribution in [3.63, 3.8) is 0 Å². The van der Waals surface area contributed by atoms with Crippen LogP contribution in [0.5, 0.6) is 0 Å². The molecule has 104 valence electrons. The van der Waals surface area contributed by atoms with E-state index in [1.54, 1.807) is 0 Å². The summed E-state index contributed by atoms with van der Waals surface area (Å²) in [6.07, 6.45) is 1.60. The minimum absolute atomic E-state index is 0.529. The van der Waals surface area contributed by atoms with Gasteiger partial charge in [0.15, 0.2) is 0 Å². The standard InChI is InChI=1S/C19H17NO/c1-2-3-4-9-14-21-20-19-17-12-7-5-10-15(17)16-11-6-8-13-18(16)19/h5-8,10-13H,2,9,14H2,1H3. The second-order valence-electron chi connectivity index (χ2n) is 4.82. The van der Waals surface area contributed by atoms with E-state index in [9.17, 15) is 0 Å². The Bertz CT molecular complexity index is 687. The molecule has 2 nitrogen and oxygen atoms in total. The zero-order chi connectivity index (χ0) is 14.5. The molecule has 0 aromatic heterocycles. The van der Waals surface area contributed by atoms with Crippen molar-refractivity contribution >= 4 is 5.71 Å². The topological polar surface area (TPSA) is 21.6 Å². The van der Waals surface area contributed by atoms with Crippen LogP contribution in [-0.4, -0.2) is 12.3 Å². The van der Waals surface area contributed by atoms with Gasteiger partial charge in [0.25, 0.3) is 0 Å². The molecular formula is C19H17NO. The number of hydrogen-bond acceptors (Lipinski definition) is 2. The Morgan fingerprint density at radius 2 is 1.43 bits per heavy atom. The van der Waals surface area contributed by atoms with Crippen LogP contribution in [0.15, 0.2) is 53.7 Å². The van der Waals surface area contributed by atoms with E-state index in [1.165, 1.54) is 11.1 Å². The third kappa shape index (κ3) is 2.68. The van der Waals surface area contributed by atoms with Crippen molar-refractivity contribution in [3.05, 3.63) is 59.7 Å². The van der Waals surface area contributed by atoms with Crippen molar-refractivity contribution < 1.29 is 4.84 Å². The molecule has 0 fully saturated rings. The number of hydrogen-bond donors (Lipinski definition) is 0. The third-order valence-electron chi connectivity index (χ3n) is 3.43. The van der Waals surface area contributed by atoms with Gasteiger partial charge in [-0.1, -0.05) is 66.5 Å². The quantitative estimate of drug-likeness (QED) is 0.398. The maximum absolute atomic E-state index is 5.46. The van der Waals surface area contributed by atoms with Crippen LogP contribution in [0.4, 0.5) is 0 Å². The summed E-state index contributed by atoms with van der Waals surface area (Å²) < 4.78 is 0. The summed E-state index contributed by atoms with van der Waals surface area (Å²) in [4.78, 5) is 5.46. The Kier molecular flexibility index (Phi) is 4.02. The molecule has 2 aromatic carbocycles. The van der Waals surface area contributed by atoms with Gasteiger partial charge in [-0.3, -0.25) is 0 Å². The van der Waals surface area contributed by atoms with Crippen molar-refractivity contribution in [1.29, 1.82) is 0 Å². The van der Waals surface area contributed by atoms with E-state index in [-0.39, 0.29) is 0 Å². The number of fused-ring (bicyclic) bond motifs is 3. The van der Waals surface area contributed by atoms with Crippen LogP contribution in [0.3, 0.4) is 0 Å².